The topological polar surface area (TPSA) is 24.9 Å². The highest BCUT2D eigenvalue weighted by molar-refractivity contribution is 7.09. The molecule has 19 heavy (non-hydrogen) atoms. The minimum atomic E-state index is 0.637. The van der Waals surface area contributed by atoms with Gasteiger partial charge in [0.2, 0.25) is 0 Å². The first-order valence-electron chi connectivity index (χ1n) is 7.87. The molecule has 0 radical (unpaired) electrons. The molecule has 108 valence electrons. The zero-order valence-electron chi connectivity index (χ0n) is 12.6. The number of aromatic nitrogens is 1. The molecular weight excluding hydrogens is 252 g/mol. The van der Waals surface area contributed by atoms with Crippen LogP contribution in [0.1, 0.15) is 56.7 Å². The maximum Gasteiger partial charge on any atom is 0.0897 e. The fraction of sp³-hybridized carbons (Fsp3) is 0.812. The smallest absolute Gasteiger partial charge is 0.0897 e. The summed E-state index contributed by atoms with van der Waals surface area (Å²) in [6.45, 7) is 7.83. The Morgan fingerprint density at radius 3 is 2.84 bits per heavy atom. The van der Waals surface area contributed by atoms with Crippen LogP contribution in [0.15, 0.2) is 5.38 Å². The summed E-state index contributed by atoms with van der Waals surface area (Å²) in [5, 5.41) is 7.21. The van der Waals surface area contributed by atoms with Crippen LogP contribution in [0.2, 0.25) is 0 Å². The van der Waals surface area contributed by atoms with Crippen LogP contribution in [0, 0.1) is 18.8 Å². The lowest BCUT2D eigenvalue weighted by atomic mass is 9.92. The summed E-state index contributed by atoms with van der Waals surface area (Å²) in [5.74, 6) is 1.83. The zero-order chi connectivity index (χ0) is 13.7. The fourth-order valence-corrected chi connectivity index (χ4v) is 3.94. The van der Waals surface area contributed by atoms with Crippen LogP contribution in [0.3, 0.4) is 0 Å². The van der Waals surface area contributed by atoms with Gasteiger partial charge in [0.05, 0.1) is 10.7 Å². The minimum absolute atomic E-state index is 0.637. The fourth-order valence-electron chi connectivity index (χ4n) is 3.31. The van der Waals surface area contributed by atoms with Gasteiger partial charge < -0.3 is 5.32 Å². The summed E-state index contributed by atoms with van der Waals surface area (Å²) in [4.78, 5) is 4.65. The predicted octanol–water partition coefficient (Wildman–Crippen LogP) is 4.19. The van der Waals surface area contributed by atoms with Gasteiger partial charge in [0.15, 0.2) is 0 Å². The van der Waals surface area contributed by atoms with E-state index in [4.69, 9.17) is 0 Å². The number of rotatable bonds is 7. The second-order valence-electron chi connectivity index (χ2n) is 5.97. The summed E-state index contributed by atoms with van der Waals surface area (Å²) in [5.41, 5.74) is 1.29. The van der Waals surface area contributed by atoms with Gasteiger partial charge in [0.25, 0.3) is 0 Å². The van der Waals surface area contributed by atoms with Crippen LogP contribution in [-0.2, 0) is 6.42 Å². The number of hydrogen-bond acceptors (Lipinski definition) is 3. The first-order valence-corrected chi connectivity index (χ1v) is 8.75. The maximum atomic E-state index is 4.65. The molecule has 2 rings (SSSR count). The number of aryl methyl sites for hydroxylation is 1. The molecule has 1 aromatic rings. The largest absolute Gasteiger partial charge is 0.313 e. The van der Waals surface area contributed by atoms with Crippen LogP contribution < -0.4 is 5.32 Å². The van der Waals surface area contributed by atoms with E-state index in [9.17, 15) is 0 Å². The van der Waals surface area contributed by atoms with Gasteiger partial charge in [-0.2, -0.15) is 0 Å². The number of nitrogens with one attached hydrogen (secondary N) is 1. The molecule has 3 heteroatoms. The molecule has 1 fully saturated rings. The van der Waals surface area contributed by atoms with E-state index < -0.39 is 0 Å². The van der Waals surface area contributed by atoms with E-state index in [0.29, 0.717) is 6.04 Å². The lowest BCUT2D eigenvalue weighted by Crippen LogP contribution is -2.37. The van der Waals surface area contributed by atoms with Gasteiger partial charge in [-0.1, -0.05) is 26.7 Å². The molecule has 1 saturated carbocycles. The normalized spacial score (nSPS) is 24.8. The van der Waals surface area contributed by atoms with Crippen LogP contribution in [0.4, 0.5) is 0 Å². The quantitative estimate of drug-likeness (QED) is 0.810. The molecule has 3 unspecified atom stereocenters. The van der Waals surface area contributed by atoms with Crippen LogP contribution >= 0.6 is 11.3 Å². The highest BCUT2D eigenvalue weighted by atomic mass is 32.1. The number of nitrogens with zero attached hydrogens (tertiary/aromatic N) is 1. The van der Waals surface area contributed by atoms with Gasteiger partial charge >= 0.3 is 0 Å². The Balaban J connectivity index is 1.95. The molecule has 1 aliphatic carbocycles. The average molecular weight is 280 g/mol. The Hall–Kier alpha value is -0.410. The molecule has 0 spiro atoms. The van der Waals surface area contributed by atoms with Gasteiger partial charge in [0.1, 0.15) is 0 Å². The van der Waals surface area contributed by atoms with Crippen LogP contribution in [0.5, 0.6) is 0 Å². The van der Waals surface area contributed by atoms with Gasteiger partial charge in [0, 0.05) is 17.8 Å². The molecule has 0 aromatic carbocycles. The molecule has 0 amide bonds. The Labute approximate surface area is 122 Å². The molecule has 1 N–H and O–H groups in total. The van der Waals surface area contributed by atoms with E-state index in [1.807, 2.05) is 0 Å². The molecule has 1 aromatic heterocycles. The third-order valence-corrected chi connectivity index (χ3v) is 5.30. The highest BCUT2D eigenvalue weighted by Crippen LogP contribution is 2.35. The van der Waals surface area contributed by atoms with Crippen molar-refractivity contribution in [2.24, 2.45) is 11.8 Å². The van der Waals surface area contributed by atoms with Gasteiger partial charge in [-0.15, -0.1) is 11.3 Å². The molecule has 2 nitrogen and oxygen atoms in total. The molecule has 0 saturated heterocycles. The SMILES string of the molecule is CCCNC(Cc1csc(C)n1)C1CCC(CC)C1. The van der Waals surface area contributed by atoms with Crippen molar-refractivity contribution in [3.8, 4) is 0 Å². The summed E-state index contributed by atoms with van der Waals surface area (Å²) in [6, 6.07) is 0.637. The molecular formula is C16H28N2S. The summed E-state index contributed by atoms with van der Waals surface area (Å²) >= 11 is 1.78. The third kappa shape index (κ3) is 4.28. The number of thiazole rings is 1. The van der Waals surface area contributed by atoms with E-state index in [-0.39, 0.29) is 0 Å². The van der Waals surface area contributed by atoms with Gasteiger partial charge in [-0.25, -0.2) is 4.98 Å². The van der Waals surface area contributed by atoms with Crippen LogP contribution in [-0.4, -0.2) is 17.6 Å². The van der Waals surface area contributed by atoms with Crippen molar-refractivity contribution in [3.63, 3.8) is 0 Å². The van der Waals surface area contributed by atoms with E-state index in [0.717, 1.165) is 24.8 Å². The Morgan fingerprint density at radius 2 is 2.26 bits per heavy atom. The number of hydrogen-bond donors (Lipinski definition) is 1. The van der Waals surface area contributed by atoms with Crippen molar-refractivity contribution in [1.82, 2.24) is 10.3 Å². The monoisotopic (exact) mass is 280 g/mol. The Bertz CT molecular complexity index is 375. The summed E-state index contributed by atoms with van der Waals surface area (Å²) in [6.07, 6.45) is 7.94. The van der Waals surface area contributed by atoms with Gasteiger partial charge in [-0.3, -0.25) is 0 Å². The Morgan fingerprint density at radius 1 is 1.42 bits per heavy atom. The van der Waals surface area contributed by atoms with Crippen LogP contribution in [0.25, 0.3) is 0 Å². The van der Waals surface area contributed by atoms with E-state index in [1.165, 1.54) is 42.8 Å². The highest BCUT2D eigenvalue weighted by Gasteiger charge is 2.30. The van der Waals surface area contributed by atoms with E-state index in [2.05, 4.69) is 36.5 Å². The maximum absolute atomic E-state index is 4.65. The van der Waals surface area contributed by atoms with Crippen molar-refractivity contribution in [3.05, 3.63) is 16.1 Å². The van der Waals surface area contributed by atoms with Crippen molar-refractivity contribution >= 4 is 11.3 Å². The van der Waals surface area contributed by atoms with E-state index >= 15 is 0 Å². The lowest BCUT2D eigenvalue weighted by molar-refractivity contribution is 0.342. The standard InChI is InChI=1S/C16H28N2S/c1-4-8-17-16(10-15-11-19-12(3)18-15)14-7-6-13(5-2)9-14/h11,13-14,16-17H,4-10H2,1-3H3. The molecule has 0 aliphatic heterocycles. The first kappa shape index (κ1) is 15.0. The van der Waals surface area contributed by atoms with Crippen molar-refractivity contribution < 1.29 is 0 Å². The van der Waals surface area contributed by atoms with Crippen molar-refractivity contribution in [1.29, 1.82) is 0 Å². The summed E-state index contributed by atoms with van der Waals surface area (Å²) < 4.78 is 0. The zero-order valence-corrected chi connectivity index (χ0v) is 13.4. The first-order chi connectivity index (χ1) is 9.22. The lowest BCUT2D eigenvalue weighted by Gasteiger charge is -2.24. The molecule has 0 bridgehead atoms. The summed E-state index contributed by atoms with van der Waals surface area (Å²) in [7, 11) is 0. The molecule has 1 heterocycles. The van der Waals surface area contributed by atoms with Crippen molar-refractivity contribution in [2.75, 3.05) is 6.54 Å². The van der Waals surface area contributed by atoms with Crippen molar-refractivity contribution in [2.45, 2.75) is 65.3 Å². The van der Waals surface area contributed by atoms with E-state index in [1.54, 1.807) is 11.3 Å². The Kier molecular flexibility index (Phi) is 5.83. The second kappa shape index (κ2) is 7.39. The third-order valence-electron chi connectivity index (χ3n) is 4.48. The molecule has 3 atom stereocenters. The van der Waals surface area contributed by atoms with Gasteiger partial charge in [-0.05, 0) is 44.6 Å². The minimum Gasteiger partial charge on any atom is -0.313 e. The molecule has 1 aliphatic rings. The average Bonchev–Trinajstić information content (AvgIpc) is 3.03. The second-order valence-corrected chi connectivity index (χ2v) is 7.03. The predicted molar refractivity (Wildman–Crippen MR) is 83.8 cm³/mol.